The number of pyridine rings is 1. The summed E-state index contributed by atoms with van der Waals surface area (Å²) in [5.41, 5.74) is 1.30. The summed E-state index contributed by atoms with van der Waals surface area (Å²) in [5.74, 6) is 8.03. The molecule has 0 bridgehead atoms. The molecule has 0 fully saturated rings. The van der Waals surface area contributed by atoms with Crippen molar-refractivity contribution in [3.8, 4) is 17.1 Å². The molecule has 3 aromatic heterocycles. The highest BCUT2D eigenvalue weighted by Crippen LogP contribution is 2.23. The average Bonchev–Trinajstić information content (AvgIpc) is 3.23. The molecular formula is C17H17N7O2S. The summed E-state index contributed by atoms with van der Waals surface area (Å²) in [7, 11) is 1.61. The van der Waals surface area contributed by atoms with Crippen LogP contribution in [0.2, 0.25) is 0 Å². The van der Waals surface area contributed by atoms with Crippen LogP contribution in [0.5, 0.6) is 5.75 Å². The van der Waals surface area contributed by atoms with Gasteiger partial charge in [0.1, 0.15) is 5.75 Å². The molecule has 0 aliphatic carbocycles. The summed E-state index contributed by atoms with van der Waals surface area (Å²) >= 11 is 1.41. The van der Waals surface area contributed by atoms with E-state index in [4.69, 9.17) is 10.6 Å². The van der Waals surface area contributed by atoms with Crippen LogP contribution in [0, 0.1) is 0 Å². The van der Waals surface area contributed by atoms with Crippen molar-refractivity contribution >= 4 is 17.4 Å². The van der Waals surface area contributed by atoms with E-state index in [1.165, 1.54) is 25.5 Å². The van der Waals surface area contributed by atoms with Gasteiger partial charge in [0.2, 0.25) is 5.16 Å². The Bertz CT molecular complexity index is 1130. The number of ether oxygens (including phenoxy) is 1. The second-order valence-corrected chi connectivity index (χ2v) is 6.75. The van der Waals surface area contributed by atoms with Gasteiger partial charge < -0.3 is 10.6 Å². The standard InChI is InChI=1S/C17H17N7O2S/c1-26-13-7-5-12(6-8-13)15-19-20-16(24(15)18)27-11-10-23-17(25)22-9-3-2-4-14(22)21-23/h2-9H,10-11,18H2,1H3. The fourth-order valence-corrected chi connectivity index (χ4v) is 3.42. The first-order valence-electron chi connectivity index (χ1n) is 8.19. The predicted octanol–water partition coefficient (Wildman–Crippen LogP) is 1.27. The SMILES string of the molecule is COc1ccc(-c2nnc(SCCn3nc4ccccn4c3=O)n2N)cc1. The topological polar surface area (TPSA) is 105 Å². The first-order valence-corrected chi connectivity index (χ1v) is 9.18. The molecule has 0 aliphatic heterocycles. The van der Waals surface area contributed by atoms with Crippen LogP contribution in [0.1, 0.15) is 0 Å². The lowest BCUT2D eigenvalue weighted by molar-refractivity contribution is 0.415. The van der Waals surface area contributed by atoms with E-state index in [1.54, 1.807) is 25.4 Å². The quantitative estimate of drug-likeness (QED) is 0.395. The number of nitrogens with zero attached hydrogens (tertiary/aromatic N) is 6. The summed E-state index contributed by atoms with van der Waals surface area (Å²) in [6, 6.07) is 12.9. The highest BCUT2D eigenvalue weighted by Gasteiger charge is 2.13. The minimum atomic E-state index is -0.167. The van der Waals surface area contributed by atoms with E-state index < -0.39 is 0 Å². The summed E-state index contributed by atoms with van der Waals surface area (Å²) in [5, 5.41) is 13.2. The van der Waals surface area contributed by atoms with Crippen LogP contribution in [0.3, 0.4) is 0 Å². The molecule has 0 saturated heterocycles. The molecule has 4 rings (SSSR count). The van der Waals surface area contributed by atoms with E-state index in [9.17, 15) is 4.79 Å². The molecule has 0 spiro atoms. The fraction of sp³-hybridized carbons (Fsp3) is 0.176. The molecule has 0 saturated carbocycles. The van der Waals surface area contributed by atoms with E-state index >= 15 is 0 Å². The minimum absolute atomic E-state index is 0.167. The number of hydrogen-bond acceptors (Lipinski definition) is 7. The molecule has 0 atom stereocenters. The van der Waals surface area contributed by atoms with E-state index in [-0.39, 0.29) is 5.69 Å². The fourth-order valence-electron chi connectivity index (χ4n) is 2.65. The second kappa shape index (κ2) is 7.16. The van der Waals surface area contributed by atoms with Gasteiger partial charge in [-0.25, -0.2) is 14.2 Å². The molecule has 138 valence electrons. The van der Waals surface area contributed by atoms with Gasteiger partial charge in [-0.05, 0) is 36.4 Å². The van der Waals surface area contributed by atoms with Gasteiger partial charge in [0.05, 0.1) is 13.7 Å². The lowest BCUT2D eigenvalue weighted by Gasteiger charge is -2.04. The Morgan fingerprint density at radius 3 is 2.70 bits per heavy atom. The van der Waals surface area contributed by atoms with Crippen LogP contribution in [-0.2, 0) is 6.54 Å². The molecule has 1 aromatic carbocycles. The van der Waals surface area contributed by atoms with E-state index in [0.717, 1.165) is 11.3 Å². The number of fused-ring (bicyclic) bond motifs is 1. The number of aromatic nitrogens is 6. The lowest BCUT2D eigenvalue weighted by atomic mass is 10.2. The summed E-state index contributed by atoms with van der Waals surface area (Å²) < 4.78 is 9.54. The van der Waals surface area contributed by atoms with Crippen molar-refractivity contribution in [2.45, 2.75) is 11.7 Å². The Morgan fingerprint density at radius 2 is 1.96 bits per heavy atom. The first-order chi connectivity index (χ1) is 13.2. The monoisotopic (exact) mass is 383 g/mol. The van der Waals surface area contributed by atoms with Gasteiger partial charge in [0, 0.05) is 17.5 Å². The summed E-state index contributed by atoms with van der Waals surface area (Å²) in [4.78, 5) is 12.3. The molecule has 9 nitrogen and oxygen atoms in total. The number of aryl methyl sites for hydroxylation is 1. The van der Waals surface area contributed by atoms with E-state index in [0.29, 0.717) is 28.9 Å². The third kappa shape index (κ3) is 3.26. The second-order valence-electron chi connectivity index (χ2n) is 5.69. The van der Waals surface area contributed by atoms with Gasteiger partial charge in [-0.1, -0.05) is 17.8 Å². The Labute approximate surface area is 158 Å². The average molecular weight is 383 g/mol. The number of nitrogens with two attached hydrogens (primary N) is 1. The highest BCUT2D eigenvalue weighted by molar-refractivity contribution is 7.99. The lowest BCUT2D eigenvalue weighted by Crippen LogP contribution is -2.22. The molecule has 0 unspecified atom stereocenters. The maximum Gasteiger partial charge on any atom is 0.350 e. The van der Waals surface area contributed by atoms with Gasteiger partial charge in [-0.15, -0.1) is 15.3 Å². The molecule has 3 heterocycles. The van der Waals surface area contributed by atoms with Crippen molar-refractivity contribution in [1.82, 2.24) is 29.1 Å². The van der Waals surface area contributed by atoms with Crippen LogP contribution in [0.4, 0.5) is 0 Å². The number of nitrogen functional groups attached to an aromatic ring is 1. The molecule has 4 aromatic rings. The Balaban J connectivity index is 1.46. The minimum Gasteiger partial charge on any atom is -0.497 e. The van der Waals surface area contributed by atoms with Gasteiger partial charge >= 0.3 is 5.69 Å². The van der Waals surface area contributed by atoms with Crippen LogP contribution < -0.4 is 16.3 Å². The number of hydrogen-bond donors (Lipinski definition) is 1. The maximum atomic E-state index is 12.3. The van der Waals surface area contributed by atoms with Crippen LogP contribution in [0.15, 0.2) is 58.6 Å². The predicted molar refractivity (Wildman–Crippen MR) is 102 cm³/mol. The van der Waals surface area contributed by atoms with Crippen molar-refractivity contribution in [3.05, 3.63) is 59.1 Å². The van der Waals surface area contributed by atoms with Gasteiger partial charge in [0.15, 0.2) is 11.5 Å². The van der Waals surface area contributed by atoms with Crippen molar-refractivity contribution in [2.24, 2.45) is 0 Å². The van der Waals surface area contributed by atoms with Crippen molar-refractivity contribution in [2.75, 3.05) is 18.7 Å². The summed E-state index contributed by atoms with van der Waals surface area (Å²) in [6.07, 6.45) is 1.70. The molecule has 10 heteroatoms. The molecule has 0 aliphatic rings. The van der Waals surface area contributed by atoms with Crippen LogP contribution >= 0.6 is 11.8 Å². The van der Waals surface area contributed by atoms with Crippen molar-refractivity contribution < 1.29 is 4.74 Å². The van der Waals surface area contributed by atoms with Crippen LogP contribution in [0.25, 0.3) is 17.0 Å². The van der Waals surface area contributed by atoms with Crippen molar-refractivity contribution in [3.63, 3.8) is 0 Å². The number of benzene rings is 1. The molecular weight excluding hydrogens is 366 g/mol. The Kier molecular flexibility index (Phi) is 4.55. The first kappa shape index (κ1) is 17.2. The number of rotatable bonds is 6. The zero-order valence-electron chi connectivity index (χ0n) is 14.5. The molecule has 0 amide bonds. The number of thioether (sulfide) groups is 1. The van der Waals surface area contributed by atoms with Crippen molar-refractivity contribution in [1.29, 1.82) is 0 Å². The largest absolute Gasteiger partial charge is 0.497 e. The van der Waals surface area contributed by atoms with Gasteiger partial charge in [-0.2, -0.15) is 0 Å². The van der Waals surface area contributed by atoms with Gasteiger partial charge in [-0.3, -0.25) is 4.40 Å². The van der Waals surface area contributed by atoms with E-state index in [2.05, 4.69) is 15.3 Å². The zero-order chi connectivity index (χ0) is 18.8. The summed E-state index contributed by atoms with van der Waals surface area (Å²) in [6.45, 7) is 0.440. The maximum absolute atomic E-state index is 12.3. The molecule has 2 N–H and O–H groups in total. The van der Waals surface area contributed by atoms with Gasteiger partial charge in [0.25, 0.3) is 0 Å². The number of methoxy groups -OCH3 is 1. The smallest absolute Gasteiger partial charge is 0.350 e. The Morgan fingerprint density at radius 1 is 1.15 bits per heavy atom. The third-order valence-electron chi connectivity index (χ3n) is 4.04. The third-order valence-corrected chi connectivity index (χ3v) is 4.96. The van der Waals surface area contributed by atoms with E-state index in [1.807, 2.05) is 30.3 Å². The highest BCUT2D eigenvalue weighted by atomic mass is 32.2. The Hall–Kier alpha value is -3.27. The molecule has 27 heavy (non-hydrogen) atoms. The normalized spacial score (nSPS) is 11.1. The zero-order valence-corrected chi connectivity index (χ0v) is 15.3. The molecule has 0 radical (unpaired) electrons. The van der Waals surface area contributed by atoms with Crippen LogP contribution in [-0.4, -0.2) is 41.9 Å².